The van der Waals surface area contributed by atoms with Crippen molar-refractivity contribution in [1.82, 2.24) is 0 Å². The summed E-state index contributed by atoms with van der Waals surface area (Å²) < 4.78 is 0. The molecule has 0 aromatic heterocycles. The number of benzene rings is 1. The van der Waals surface area contributed by atoms with E-state index in [-0.39, 0.29) is 10.8 Å². The first-order valence-corrected chi connectivity index (χ1v) is 6.23. The summed E-state index contributed by atoms with van der Waals surface area (Å²) in [5.41, 5.74) is 9.53. The number of nitrogens with two attached hydrogens (primary N) is 1. The lowest BCUT2D eigenvalue weighted by Gasteiger charge is -2.39. The van der Waals surface area contributed by atoms with E-state index in [1.54, 1.807) is 0 Å². The zero-order valence-electron chi connectivity index (χ0n) is 12.0. The molecule has 0 radical (unpaired) electrons. The number of aryl methyl sites for hydroxylation is 1. The fourth-order valence-corrected chi connectivity index (χ4v) is 1.42. The van der Waals surface area contributed by atoms with Crippen LogP contribution in [0.5, 0.6) is 0 Å². The van der Waals surface area contributed by atoms with Gasteiger partial charge in [0.05, 0.1) is 11.4 Å². The van der Waals surface area contributed by atoms with Gasteiger partial charge in [0.1, 0.15) is 0 Å². The van der Waals surface area contributed by atoms with Gasteiger partial charge >= 0.3 is 0 Å². The summed E-state index contributed by atoms with van der Waals surface area (Å²) in [6.07, 6.45) is 0. The van der Waals surface area contributed by atoms with E-state index < -0.39 is 0 Å². The molecule has 0 heterocycles. The molecule has 0 fully saturated rings. The van der Waals surface area contributed by atoms with E-state index in [0.29, 0.717) is 0 Å². The van der Waals surface area contributed by atoms with Gasteiger partial charge in [-0.3, -0.25) is 0 Å². The van der Waals surface area contributed by atoms with Crippen molar-refractivity contribution in [2.75, 3.05) is 17.6 Å². The maximum Gasteiger partial charge on any atom is 0.0574 e. The lowest BCUT2D eigenvalue weighted by molar-refractivity contribution is 0.148. The van der Waals surface area contributed by atoms with Crippen molar-refractivity contribution < 1.29 is 0 Å². The number of hydrogen-bond acceptors (Lipinski definition) is 2. The number of rotatable bonds is 3. The van der Waals surface area contributed by atoms with E-state index in [0.717, 1.165) is 17.9 Å². The van der Waals surface area contributed by atoms with Crippen LogP contribution in [0, 0.1) is 17.8 Å². The van der Waals surface area contributed by atoms with Gasteiger partial charge in [0.15, 0.2) is 0 Å². The van der Waals surface area contributed by atoms with Crippen LogP contribution in [0.3, 0.4) is 0 Å². The summed E-state index contributed by atoms with van der Waals surface area (Å²) in [4.78, 5) is 0. The maximum absolute atomic E-state index is 6.00. The summed E-state index contributed by atoms with van der Waals surface area (Å²) in [5, 5.41) is 3.46. The molecule has 3 N–H and O–H groups in total. The minimum atomic E-state index is 0.213. The highest BCUT2D eigenvalue weighted by Crippen LogP contribution is 2.38. The third-order valence-electron chi connectivity index (χ3n) is 3.96. The number of nitrogens with one attached hydrogen (secondary N) is 1. The Hall–Kier alpha value is -1.18. The van der Waals surface area contributed by atoms with Crippen LogP contribution in [0.15, 0.2) is 18.2 Å². The molecule has 0 bridgehead atoms. The molecular formula is C15H26N2. The predicted octanol–water partition coefficient (Wildman–Crippen LogP) is 4.06. The second-order valence-corrected chi connectivity index (χ2v) is 6.58. The summed E-state index contributed by atoms with van der Waals surface area (Å²) in [6, 6.07) is 6.15. The molecule has 0 aliphatic rings. The number of hydrogen-bond donors (Lipinski definition) is 2. The smallest absolute Gasteiger partial charge is 0.0574 e. The molecule has 0 amide bonds. The first-order valence-electron chi connectivity index (χ1n) is 6.23. The summed E-state index contributed by atoms with van der Waals surface area (Å²) in [7, 11) is 0. The van der Waals surface area contributed by atoms with Crippen molar-refractivity contribution in [2.24, 2.45) is 10.8 Å². The average molecular weight is 234 g/mol. The van der Waals surface area contributed by atoms with Gasteiger partial charge in [-0.1, -0.05) is 40.7 Å². The minimum absolute atomic E-state index is 0.213. The Labute approximate surface area is 106 Å². The maximum atomic E-state index is 6.00. The van der Waals surface area contributed by atoms with Crippen molar-refractivity contribution in [2.45, 2.75) is 41.5 Å². The van der Waals surface area contributed by atoms with Crippen LogP contribution in [0.25, 0.3) is 0 Å². The van der Waals surface area contributed by atoms with Crippen molar-refractivity contribution in [3.8, 4) is 0 Å². The van der Waals surface area contributed by atoms with Gasteiger partial charge in [-0.15, -0.1) is 0 Å². The predicted molar refractivity (Wildman–Crippen MR) is 77.3 cm³/mol. The second-order valence-electron chi connectivity index (χ2n) is 6.58. The van der Waals surface area contributed by atoms with Crippen LogP contribution in [-0.2, 0) is 0 Å². The molecule has 1 aromatic carbocycles. The topological polar surface area (TPSA) is 38.0 Å². The van der Waals surface area contributed by atoms with Crippen LogP contribution in [-0.4, -0.2) is 6.54 Å². The van der Waals surface area contributed by atoms with Crippen molar-refractivity contribution in [3.05, 3.63) is 23.8 Å². The molecule has 2 heteroatoms. The molecule has 0 aliphatic heterocycles. The molecular weight excluding hydrogens is 208 g/mol. The van der Waals surface area contributed by atoms with E-state index >= 15 is 0 Å². The van der Waals surface area contributed by atoms with Crippen LogP contribution in [0.1, 0.15) is 40.2 Å². The highest BCUT2D eigenvalue weighted by Gasteiger charge is 2.32. The van der Waals surface area contributed by atoms with Gasteiger partial charge in [0.25, 0.3) is 0 Å². The molecule has 0 aliphatic carbocycles. The summed E-state index contributed by atoms with van der Waals surface area (Å²) in [5.74, 6) is 0. The quantitative estimate of drug-likeness (QED) is 0.774. The van der Waals surface area contributed by atoms with Crippen LogP contribution >= 0.6 is 0 Å². The van der Waals surface area contributed by atoms with Gasteiger partial charge in [-0.05, 0) is 35.4 Å². The first-order chi connectivity index (χ1) is 7.63. The zero-order chi connectivity index (χ0) is 13.3. The monoisotopic (exact) mass is 234 g/mol. The largest absolute Gasteiger partial charge is 0.397 e. The Morgan fingerprint density at radius 2 is 1.71 bits per heavy atom. The fraction of sp³-hybridized carbons (Fsp3) is 0.600. The standard InChI is InChI=1S/C15H26N2/c1-11-7-8-13(12(16)9-11)17-10-15(5,6)14(2,3)4/h7-9,17H,10,16H2,1-6H3. The summed E-state index contributed by atoms with van der Waals surface area (Å²) in [6.45, 7) is 14.4. The molecule has 0 saturated carbocycles. The first kappa shape index (κ1) is 13.9. The normalized spacial score (nSPS) is 12.6. The van der Waals surface area contributed by atoms with Crippen LogP contribution in [0.2, 0.25) is 0 Å². The van der Waals surface area contributed by atoms with Crippen molar-refractivity contribution in [1.29, 1.82) is 0 Å². The molecule has 1 aromatic rings. The molecule has 0 unspecified atom stereocenters. The molecule has 96 valence electrons. The molecule has 17 heavy (non-hydrogen) atoms. The highest BCUT2D eigenvalue weighted by atomic mass is 14.9. The molecule has 0 atom stereocenters. The van der Waals surface area contributed by atoms with Crippen molar-refractivity contribution >= 4 is 11.4 Å². The van der Waals surface area contributed by atoms with E-state index in [1.807, 2.05) is 6.07 Å². The lowest BCUT2D eigenvalue weighted by Crippen LogP contribution is -2.36. The van der Waals surface area contributed by atoms with E-state index in [1.165, 1.54) is 5.56 Å². The van der Waals surface area contributed by atoms with E-state index in [4.69, 9.17) is 5.73 Å². The van der Waals surface area contributed by atoms with Gasteiger partial charge in [-0.25, -0.2) is 0 Å². The highest BCUT2D eigenvalue weighted by molar-refractivity contribution is 5.66. The average Bonchev–Trinajstić information content (AvgIpc) is 2.14. The Kier molecular flexibility index (Phi) is 3.75. The Morgan fingerprint density at radius 1 is 1.12 bits per heavy atom. The second kappa shape index (κ2) is 4.59. The summed E-state index contributed by atoms with van der Waals surface area (Å²) >= 11 is 0. The Bertz CT molecular complexity index is 386. The number of nitrogen functional groups attached to an aromatic ring is 1. The van der Waals surface area contributed by atoms with Gasteiger partial charge in [-0.2, -0.15) is 0 Å². The van der Waals surface area contributed by atoms with E-state index in [2.05, 4.69) is 59.0 Å². The molecule has 0 saturated heterocycles. The van der Waals surface area contributed by atoms with Gasteiger partial charge < -0.3 is 11.1 Å². The lowest BCUT2D eigenvalue weighted by atomic mass is 9.69. The van der Waals surface area contributed by atoms with Gasteiger partial charge in [0, 0.05) is 6.54 Å². The van der Waals surface area contributed by atoms with Crippen LogP contribution < -0.4 is 11.1 Å². The third-order valence-corrected chi connectivity index (χ3v) is 3.96. The number of anilines is 2. The zero-order valence-corrected chi connectivity index (χ0v) is 12.0. The molecule has 1 rings (SSSR count). The minimum Gasteiger partial charge on any atom is -0.397 e. The SMILES string of the molecule is Cc1ccc(NCC(C)(C)C(C)(C)C)c(N)c1. The van der Waals surface area contributed by atoms with Gasteiger partial charge in [0.2, 0.25) is 0 Å². The molecule has 0 spiro atoms. The Morgan fingerprint density at radius 3 is 2.18 bits per heavy atom. The van der Waals surface area contributed by atoms with E-state index in [9.17, 15) is 0 Å². The Balaban J connectivity index is 2.74. The van der Waals surface area contributed by atoms with Crippen molar-refractivity contribution in [3.63, 3.8) is 0 Å². The fourth-order valence-electron chi connectivity index (χ4n) is 1.42. The van der Waals surface area contributed by atoms with Crippen LogP contribution in [0.4, 0.5) is 11.4 Å². The third kappa shape index (κ3) is 3.39. The molecule has 2 nitrogen and oxygen atoms in total.